The first-order chi connectivity index (χ1) is 20.1. The Morgan fingerprint density at radius 3 is 2.07 bits per heavy atom. The topological polar surface area (TPSA) is 41.6 Å². The van der Waals surface area contributed by atoms with Gasteiger partial charge in [-0.2, -0.15) is 0 Å². The number of carbonyl (C=O) groups is 1. The second-order valence-electron chi connectivity index (χ2n) is 10.3. The number of carbonyl (C=O) groups excluding carboxylic acids is 1. The van der Waals surface area contributed by atoms with Gasteiger partial charge >= 0.3 is 0 Å². The van der Waals surface area contributed by atoms with Crippen molar-refractivity contribution in [1.82, 2.24) is 0 Å². The molecule has 0 radical (unpaired) electrons. The third kappa shape index (κ3) is 4.37. The molecule has 2 aliphatic rings. The van der Waals surface area contributed by atoms with Gasteiger partial charge in [0.05, 0.1) is 23.0 Å². The first kappa shape index (κ1) is 25.2. The van der Waals surface area contributed by atoms with E-state index in [0.717, 1.165) is 33.6 Å². The monoisotopic (exact) mass is 554 g/mol. The normalized spacial score (nSPS) is 19.9. The summed E-state index contributed by atoms with van der Waals surface area (Å²) in [6.45, 7) is 0. The molecule has 0 bridgehead atoms. The molecule has 0 aromatic heterocycles. The molecule has 4 nitrogen and oxygen atoms in total. The molecule has 2 aliphatic heterocycles. The summed E-state index contributed by atoms with van der Waals surface area (Å²) in [6.07, 6.45) is 0.441. The zero-order chi connectivity index (χ0) is 27.8. The predicted octanol–water partition coefficient (Wildman–Crippen LogP) is 8.68. The highest BCUT2D eigenvalue weighted by Crippen LogP contribution is 2.54. The lowest BCUT2D eigenvalue weighted by Gasteiger charge is -2.48. The molecule has 1 N–H and O–H groups in total. The Labute approximate surface area is 244 Å². The lowest BCUT2D eigenvalue weighted by molar-refractivity contribution is -0.120. The molecule has 5 heteroatoms. The number of fused-ring (bicyclic) bond motifs is 3. The van der Waals surface area contributed by atoms with Gasteiger partial charge in [0.25, 0.3) is 5.91 Å². The van der Waals surface area contributed by atoms with E-state index in [4.69, 9.17) is 16.3 Å². The summed E-state index contributed by atoms with van der Waals surface area (Å²) in [7, 11) is 0. The molecule has 1 amide bonds. The maximum Gasteiger partial charge on any atom is 0.266 e. The fourth-order valence-corrected chi connectivity index (χ4v) is 6.16. The number of nitrogens with one attached hydrogen (secondary N) is 1. The molecule has 2 heterocycles. The minimum Gasteiger partial charge on any atom is -0.462 e. The van der Waals surface area contributed by atoms with Crippen molar-refractivity contribution in [1.29, 1.82) is 0 Å². The smallest absolute Gasteiger partial charge is 0.266 e. The van der Waals surface area contributed by atoms with Crippen LogP contribution in [0.1, 0.15) is 34.7 Å². The number of nitrogens with zero attached hydrogens (tertiary/aromatic N) is 1. The van der Waals surface area contributed by atoms with Crippen molar-refractivity contribution < 1.29 is 9.53 Å². The van der Waals surface area contributed by atoms with Crippen molar-refractivity contribution in [2.75, 3.05) is 10.2 Å². The minimum atomic E-state index is -1.16. The van der Waals surface area contributed by atoms with Crippen LogP contribution in [0, 0.1) is 0 Å². The predicted molar refractivity (Wildman–Crippen MR) is 165 cm³/mol. The van der Waals surface area contributed by atoms with Crippen LogP contribution in [0.25, 0.3) is 11.3 Å². The molecule has 0 saturated carbocycles. The van der Waals surface area contributed by atoms with Crippen LogP contribution in [0.5, 0.6) is 0 Å². The number of rotatable bonds is 4. The molecule has 7 rings (SSSR count). The van der Waals surface area contributed by atoms with Gasteiger partial charge in [0.1, 0.15) is 5.76 Å². The third-order valence-electron chi connectivity index (χ3n) is 7.81. The number of ether oxygens (including phenoxy) is 1. The van der Waals surface area contributed by atoms with Crippen molar-refractivity contribution in [2.24, 2.45) is 0 Å². The van der Waals surface area contributed by atoms with Gasteiger partial charge in [-0.25, -0.2) is 0 Å². The van der Waals surface area contributed by atoms with Gasteiger partial charge in [-0.1, -0.05) is 127 Å². The van der Waals surface area contributed by atoms with E-state index in [1.807, 2.05) is 138 Å². The van der Waals surface area contributed by atoms with E-state index in [1.165, 1.54) is 0 Å². The van der Waals surface area contributed by atoms with Gasteiger partial charge in [-0.15, -0.1) is 0 Å². The Morgan fingerprint density at radius 1 is 0.732 bits per heavy atom. The van der Waals surface area contributed by atoms with Crippen molar-refractivity contribution in [3.8, 4) is 0 Å². The Kier molecular flexibility index (Phi) is 6.33. The molecule has 0 saturated heterocycles. The Bertz CT molecular complexity index is 1750. The van der Waals surface area contributed by atoms with Crippen LogP contribution in [-0.4, -0.2) is 5.91 Å². The summed E-state index contributed by atoms with van der Waals surface area (Å²) in [5.74, 6) is 0.442. The average molecular weight is 555 g/mol. The number of hydrogen-bond acceptors (Lipinski definition) is 3. The van der Waals surface area contributed by atoms with Gasteiger partial charge in [-0.05, 0) is 35.4 Å². The maximum absolute atomic E-state index is 15.1. The minimum absolute atomic E-state index is 0.119. The molecule has 0 spiro atoms. The number of para-hydroxylation sites is 2. The van der Waals surface area contributed by atoms with Crippen LogP contribution in [0.4, 0.5) is 11.4 Å². The molecular weight excluding hydrogens is 528 g/mol. The molecule has 2 atom stereocenters. The fourth-order valence-electron chi connectivity index (χ4n) is 5.96. The van der Waals surface area contributed by atoms with Gasteiger partial charge in [0.15, 0.2) is 0 Å². The van der Waals surface area contributed by atoms with Gasteiger partial charge in [0, 0.05) is 22.6 Å². The van der Waals surface area contributed by atoms with Gasteiger partial charge < -0.3 is 10.1 Å². The van der Waals surface area contributed by atoms with Crippen molar-refractivity contribution >= 4 is 40.2 Å². The van der Waals surface area contributed by atoms with Crippen LogP contribution < -0.4 is 10.2 Å². The Morgan fingerprint density at radius 2 is 1.37 bits per heavy atom. The number of benzene rings is 5. The zero-order valence-corrected chi connectivity index (χ0v) is 23.0. The summed E-state index contributed by atoms with van der Waals surface area (Å²) < 4.78 is 7.32. The number of amides is 1. The quantitative estimate of drug-likeness (QED) is 0.241. The molecule has 0 aliphatic carbocycles. The number of halogens is 1. The first-order valence-electron chi connectivity index (χ1n) is 13.7. The standard InChI is InChI=1S/C36H27ClN2O2/c37-29-20-12-17-27(23-29)31-24-36(28-18-8-3-9-19-28)39(32-22-11-10-21-30(32)38-31)35(40)33(25-13-4-1-5-14-25)34(41-36)26-15-6-2-7-16-26/h1-23,31,38H,24H2/t31-,36+/m1/s1. The maximum atomic E-state index is 15.1. The molecule has 0 unspecified atom stereocenters. The largest absolute Gasteiger partial charge is 0.462 e. The second kappa shape index (κ2) is 10.3. The lowest BCUT2D eigenvalue weighted by atomic mass is 9.87. The molecule has 0 fully saturated rings. The van der Waals surface area contributed by atoms with E-state index in [2.05, 4.69) is 11.4 Å². The Hall–Kier alpha value is -4.80. The zero-order valence-electron chi connectivity index (χ0n) is 22.2. The average Bonchev–Trinajstić information content (AvgIpc) is 3.18. The van der Waals surface area contributed by atoms with E-state index >= 15 is 4.79 Å². The van der Waals surface area contributed by atoms with E-state index < -0.39 is 5.72 Å². The molecule has 200 valence electrons. The fraction of sp³-hybridized carbons (Fsp3) is 0.0833. The molecule has 5 aromatic rings. The second-order valence-corrected chi connectivity index (χ2v) is 10.7. The lowest BCUT2D eigenvalue weighted by Crippen LogP contribution is -2.55. The van der Waals surface area contributed by atoms with Crippen molar-refractivity contribution in [3.05, 3.63) is 167 Å². The molecule has 41 heavy (non-hydrogen) atoms. The Balaban J connectivity index is 1.55. The number of hydrogen-bond donors (Lipinski definition) is 1. The summed E-state index contributed by atoms with van der Waals surface area (Å²) in [6, 6.07) is 45.3. The highest BCUT2D eigenvalue weighted by Gasteiger charge is 2.54. The van der Waals surface area contributed by atoms with Crippen LogP contribution in [0.2, 0.25) is 5.02 Å². The summed E-state index contributed by atoms with van der Waals surface area (Å²) in [5.41, 5.74) is 4.53. The van der Waals surface area contributed by atoms with E-state index in [0.29, 0.717) is 22.8 Å². The van der Waals surface area contributed by atoms with Crippen LogP contribution in [0.15, 0.2) is 140 Å². The van der Waals surface area contributed by atoms with Crippen LogP contribution in [0.3, 0.4) is 0 Å². The molecule has 5 aromatic carbocycles. The van der Waals surface area contributed by atoms with Gasteiger partial charge in [0.2, 0.25) is 5.72 Å². The van der Waals surface area contributed by atoms with Crippen molar-refractivity contribution in [2.45, 2.75) is 18.2 Å². The van der Waals surface area contributed by atoms with E-state index in [-0.39, 0.29) is 11.9 Å². The van der Waals surface area contributed by atoms with Crippen molar-refractivity contribution in [3.63, 3.8) is 0 Å². The van der Waals surface area contributed by atoms with E-state index in [9.17, 15) is 0 Å². The van der Waals surface area contributed by atoms with Crippen LogP contribution >= 0.6 is 11.6 Å². The summed E-state index contributed by atoms with van der Waals surface area (Å²) >= 11 is 6.48. The highest BCUT2D eigenvalue weighted by atomic mass is 35.5. The van der Waals surface area contributed by atoms with Crippen LogP contribution in [-0.2, 0) is 15.3 Å². The SMILES string of the molecule is O=C1C(c2ccccc2)=C(c2ccccc2)O[C@]2(c3ccccc3)C[C@H](c3cccc(Cl)c3)Nc3ccccc3N12. The van der Waals surface area contributed by atoms with Gasteiger partial charge in [-0.3, -0.25) is 9.69 Å². The highest BCUT2D eigenvalue weighted by molar-refractivity contribution is 6.33. The first-order valence-corrected chi connectivity index (χ1v) is 14.1. The third-order valence-corrected chi connectivity index (χ3v) is 8.04. The van der Waals surface area contributed by atoms with E-state index in [1.54, 1.807) is 0 Å². The summed E-state index contributed by atoms with van der Waals surface area (Å²) in [4.78, 5) is 16.9. The number of anilines is 2. The summed E-state index contributed by atoms with van der Waals surface area (Å²) in [5, 5.41) is 4.39. The molecular formula is C36H27ClN2O2.